The van der Waals surface area contributed by atoms with Gasteiger partial charge in [0.15, 0.2) is 10.6 Å². The smallest absolute Gasteiger partial charge is 0.349 e. The molecular weight excluding hydrogens is 329 g/mol. The molecule has 1 heterocycles. The highest BCUT2D eigenvalue weighted by atomic mass is 32.1. The van der Waals surface area contributed by atoms with E-state index in [-0.39, 0.29) is 18.9 Å². The fourth-order valence-electron chi connectivity index (χ4n) is 1.92. The number of nitrogens with one attached hydrogen (secondary N) is 2. The molecule has 0 atom stereocenters. The number of alkyl halides is 3. The lowest BCUT2D eigenvalue weighted by molar-refractivity contribution is -0.137. The number of nitrogens with zero attached hydrogens (tertiary/aromatic N) is 2. The molecule has 9 heteroatoms. The Morgan fingerprint density at radius 2 is 2.00 bits per heavy atom. The summed E-state index contributed by atoms with van der Waals surface area (Å²) in [6, 6.07) is 4.80. The molecular formula is C14H15F3N4OS. The van der Waals surface area contributed by atoms with Crippen LogP contribution in [0.25, 0.3) is 0 Å². The molecule has 124 valence electrons. The minimum Gasteiger partial charge on any atom is -0.349 e. The van der Waals surface area contributed by atoms with Crippen molar-refractivity contribution in [2.24, 2.45) is 7.05 Å². The number of rotatable bonds is 5. The van der Waals surface area contributed by atoms with Gasteiger partial charge in [-0.3, -0.25) is 9.89 Å². The van der Waals surface area contributed by atoms with E-state index in [0.717, 1.165) is 12.1 Å². The van der Waals surface area contributed by atoms with Crippen LogP contribution in [-0.2, 0) is 31.0 Å². The molecule has 0 aliphatic heterocycles. The van der Waals surface area contributed by atoms with Crippen molar-refractivity contribution < 1.29 is 18.0 Å². The van der Waals surface area contributed by atoms with Crippen LogP contribution in [0.4, 0.5) is 13.2 Å². The molecule has 0 aliphatic carbocycles. The van der Waals surface area contributed by atoms with Crippen molar-refractivity contribution in [2.75, 3.05) is 0 Å². The van der Waals surface area contributed by atoms with Crippen LogP contribution in [0.2, 0.25) is 0 Å². The van der Waals surface area contributed by atoms with Crippen LogP contribution in [-0.4, -0.2) is 20.7 Å². The lowest BCUT2D eigenvalue weighted by Gasteiger charge is -2.08. The molecule has 2 rings (SSSR count). The Labute approximate surface area is 135 Å². The van der Waals surface area contributed by atoms with E-state index in [0.29, 0.717) is 22.6 Å². The van der Waals surface area contributed by atoms with E-state index in [2.05, 4.69) is 15.5 Å². The fraction of sp³-hybridized carbons (Fsp3) is 0.357. The third-order valence-corrected chi connectivity index (χ3v) is 3.70. The Balaban J connectivity index is 1.82. The molecule has 0 unspecified atom stereocenters. The predicted octanol–water partition coefficient (Wildman–Crippen LogP) is 2.75. The molecule has 23 heavy (non-hydrogen) atoms. The first-order chi connectivity index (χ1) is 10.8. The Kier molecular flexibility index (Phi) is 5.19. The van der Waals surface area contributed by atoms with Crippen LogP contribution < -0.4 is 5.32 Å². The summed E-state index contributed by atoms with van der Waals surface area (Å²) in [5, 5.41) is 9.26. The molecule has 1 aromatic carbocycles. The number of aromatic nitrogens is 3. The molecule has 5 nitrogen and oxygen atoms in total. The molecule has 0 saturated heterocycles. The van der Waals surface area contributed by atoms with E-state index >= 15 is 0 Å². The number of halogens is 3. The van der Waals surface area contributed by atoms with Gasteiger partial charge in [-0.15, -0.1) is 0 Å². The summed E-state index contributed by atoms with van der Waals surface area (Å²) in [7, 11) is 1.73. The number of hydrogen-bond donors (Lipinski definition) is 2. The van der Waals surface area contributed by atoms with Gasteiger partial charge in [-0.2, -0.15) is 18.3 Å². The molecule has 0 aliphatic rings. The lowest BCUT2D eigenvalue weighted by Crippen LogP contribution is -2.24. The first kappa shape index (κ1) is 17.2. The number of hydrogen-bond acceptors (Lipinski definition) is 3. The van der Waals surface area contributed by atoms with Gasteiger partial charge in [0.05, 0.1) is 12.1 Å². The average Bonchev–Trinajstić information content (AvgIpc) is 2.82. The van der Waals surface area contributed by atoms with Crippen LogP contribution in [0.1, 0.15) is 23.4 Å². The molecule has 2 aromatic rings. The molecule has 0 fully saturated rings. The minimum atomic E-state index is -4.35. The zero-order chi connectivity index (χ0) is 17.0. The van der Waals surface area contributed by atoms with Gasteiger partial charge < -0.3 is 9.88 Å². The Bertz CT molecular complexity index is 734. The van der Waals surface area contributed by atoms with Gasteiger partial charge in [-0.25, -0.2) is 0 Å². The second-order valence-corrected chi connectivity index (χ2v) is 5.36. The third-order valence-electron chi connectivity index (χ3n) is 3.34. The largest absolute Gasteiger partial charge is 0.416 e. The number of carbonyl (C=O) groups excluding carboxylic acids is 1. The second kappa shape index (κ2) is 6.95. The fourth-order valence-corrected chi connectivity index (χ4v) is 2.07. The Hall–Kier alpha value is -2.16. The second-order valence-electron chi connectivity index (χ2n) is 4.98. The molecule has 1 aromatic heterocycles. The third kappa shape index (κ3) is 4.65. The molecule has 0 spiro atoms. The van der Waals surface area contributed by atoms with Crippen molar-refractivity contribution in [2.45, 2.75) is 25.6 Å². The number of carbonyl (C=O) groups is 1. The predicted molar refractivity (Wildman–Crippen MR) is 80.0 cm³/mol. The quantitative estimate of drug-likeness (QED) is 0.820. The van der Waals surface area contributed by atoms with Crippen LogP contribution >= 0.6 is 12.2 Å². The molecule has 0 radical (unpaired) electrons. The van der Waals surface area contributed by atoms with Gasteiger partial charge in [-0.1, -0.05) is 12.1 Å². The Morgan fingerprint density at radius 3 is 2.52 bits per heavy atom. The van der Waals surface area contributed by atoms with Gasteiger partial charge in [0.2, 0.25) is 5.91 Å². The molecule has 0 saturated carbocycles. The lowest BCUT2D eigenvalue weighted by atomic mass is 10.1. The highest BCUT2D eigenvalue weighted by Gasteiger charge is 2.29. The normalized spacial score (nSPS) is 11.5. The van der Waals surface area contributed by atoms with Gasteiger partial charge in [0.1, 0.15) is 0 Å². The SMILES string of the molecule is Cn1c(CNC(=O)CCc2ccc(C(F)(F)F)cc2)n[nH]c1=S. The summed E-state index contributed by atoms with van der Waals surface area (Å²) in [5.41, 5.74) is -0.0252. The van der Waals surface area contributed by atoms with Gasteiger partial charge in [0, 0.05) is 13.5 Å². The van der Waals surface area contributed by atoms with Crippen LogP contribution in [0.3, 0.4) is 0 Å². The average molecular weight is 344 g/mol. The van der Waals surface area contributed by atoms with Crippen molar-refractivity contribution in [3.05, 3.63) is 46.0 Å². The first-order valence-electron chi connectivity index (χ1n) is 6.80. The zero-order valence-corrected chi connectivity index (χ0v) is 13.1. The molecule has 2 N–H and O–H groups in total. The summed E-state index contributed by atoms with van der Waals surface area (Å²) in [6.45, 7) is 0.232. The standard InChI is InChI=1S/C14H15F3N4OS/c1-21-11(19-20-13(21)23)8-18-12(22)7-4-9-2-5-10(6-3-9)14(15,16)17/h2-3,5-6H,4,7-8H2,1H3,(H,18,22)(H,20,23). The monoisotopic (exact) mass is 344 g/mol. The maximum absolute atomic E-state index is 12.4. The van der Waals surface area contributed by atoms with Crippen LogP contribution in [0, 0.1) is 4.77 Å². The molecule has 0 bridgehead atoms. The number of amides is 1. The summed E-state index contributed by atoms with van der Waals surface area (Å²) in [6.07, 6.45) is -3.80. The van der Waals surface area contributed by atoms with Gasteiger partial charge in [-0.05, 0) is 36.3 Å². The summed E-state index contributed by atoms with van der Waals surface area (Å²) in [4.78, 5) is 11.8. The summed E-state index contributed by atoms with van der Waals surface area (Å²) in [5.74, 6) is 0.386. The number of benzene rings is 1. The Morgan fingerprint density at radius 1 is 1.35 bits per heavy atom. The van der Waals surface area contributed by atoms with Crippen LogP contribution in [0.15, 0.2) is 24.3 Å². The summed E-state index contributed by atoms with van der Waals surface area (Å²) >= 11 is 4.96. The molecule has 1 amide bonds. The topological polar surface area (TPSA) is 62.7 Å². The van der Waals surface area contributed by atoms with Gasteiger partial charge in [0.25, 0.3) is 0 Å². The van der Waals surface area contributed by atoms with E-state index < -0.39 is 11.7 Å². The van der Waals surface area contributed by atoms with E-state index in [1.54, 1.807) is 11.6 Å². The number of H-pyrrole nitrogens is 1. The minimum absolute atomic E-state index is 0.181. The van der Waals surface area contributed by atoms with E-state index in [9.17, 15) is 18.0 Å². The van der Waals surface area contributed by atoms with Gasteiger partial charge >= 0.3 is 6.18 Å². The first-order valence-corrected chi connectivity index (χ1v) is 7.21. The van der Waals surface area contributed by atoms with Crippen molar-refractivity contribution in [3.8, 4) is 0 Å². The van der Waals surface area contributed by atoms with E-state index in [1.165, 1.54) is 12.1 Å². The maximum atomic E-state index is 12.4. The number of aryl methyl sites for hydroxylation is 1. The van der Waals surface area contributed by atoms with Crippen LogP contribution in [0.5, 0.6) is 0 Å². The maximum Gasteiger partial charge on any atom is 0.416 e. The van der Waals surface area contributed by atoms with Crippen molar-refractivity contribution in [1.29, 1.82) is 0 Å². The highest BCUT2D eigenvalue weighted by Crippen LogP contribution is 2.29. The van der Waals surface area contributed by atoms with E-state index in [1.807, 2.05) is 0 Å². The number of aromatic amines is 1. The highest BCUT2D eigenvalue weighted by molar-refractivity contribution is 7.71. The van der Waals surface area contributed by atoms with Crippen molar-refractivity contribution in [1.82, 2.24) is 20.1 Å². The van der Waals surface area contributed by atoms with Crippen molar-refractivity contribution in [3.63, 3.8) is 0 Å². The van der Waals surface area contributed by atoms with E-state index in [4.69, 9.17) is 12.2 Å². The zero-order valence-electron chi connectivity index (χ0n) is 12.3. The van der Waals surface area contributed by atoms with Crippen molar-refractivity contribution >= 4 is 18.1 Å². The summed E-state index contributed by atoms with van der Waals surface area (Å²) < 4.78 is 39.4.